The number of allylic oxidation sites excluding steroid dienone is 1. The van der Waals surface area contributed by atoms with Gasteiger partial charge in [-0.25, -0.2) is 9.98 Å². The Hall–Kier alpha value is -3.26. The van der Waals surface area contributed by atoms with Crippen LogP contribution < -0.4 is 10.6 Å². The zero-order valence-electron chi connectivity index (χ0n) is 21.5. The first-order chi connectivity index (χ1) is 16.3. The van der Waals surface area contributed by atoms with Gasteiger partial charge in [-0.05, 0) is 5.92 Å². The fourth-order valence-corrected chi connectivity index (χ4v) is 2.52. The second kappa shape index (κ2) is 22.5. The van der Waals surface area contributed by atoms with E-state index in [1.807, 2.05) is 49.2 Å². The number of hydrogen-bond acceptors (Lipinski definition) is 6. The molecule has 1 aliphatic heterocycles. The molecular formula is C25H44N8O2. The molecule has 1 saturated heterocycles. The molecule has 0 atom stereocenters. The minimum atomic E-state index is 0. The van der Waals surface area contributed by atoms with E-state index in [-0.39, 0.29) is 7.43 Å². The first-order valence-electron chi connectivity index (χ1n) is 11.4. The molecule has 2 N–H and O–H groups in total. The summed E-state index contributed by atoms with van der Waals surface area (Å²) >= 11 is 0. The quantitative estimate of drug-likeness (QED) is 0.140. The van der Waals surface area contributed by atoms with Gasteiger partial charge < -0.3 is 19.3 Å². The number of ether oxygens (including phenoxy) is 2. The van der Waals surface area contributed by atoms with Crippen LogP contribution in [0.25, 0.3) is 0 Å². The predicted molar refractivity (Wildman–Crippen MR) is 142 cm³/mol. The average molecular weight is 489 g/mol. The maximum atomic E-state index is 8.68. The molecule has 0 aliphatic carbocycles. The highest BCUT2D eigenvalue weighted by molar-refractivity contribution is 5.81. The van der Waals surface area contributed by atoms with E-state index in [1.165, 1.54) is 0 Å². The lowest BCUT2D eigenvalue weighted by Gasteiger charge is -2.28. The molecule has 1 fully saturated rings. The molecule has 0 spiro atoms. The van der Waals surface area contributed by atoms with Gasteiger partial charge >= 0.3 is 0 Å². The number of nitrogens with zero attached hydrogens (tertiary/aromatic N) is 6. The number of methoxy groups -OCH3 is 1. The third-order valence-corrected chi connectivity index (χ3v) is 4.20. The van der Waals surface area contributed by atoms with Crippen LogP contribution in [0.5, 0.6) is 0 Å². The molecule has 0 amide bonds. The molecule has 0 radical (unpaired) electrons. The molecular weight excluding hydrogens is 444 g/mol. The van der Waals surface area contributed by atoms with Gasteiger partial charge in [0.1, 0.15) is 6.54 Å². The number of nitrogens with one attached hydrogen (secondary N) is 2. The number of morpholine rings is 1. The number of rotatable bonds is 7. The lowest BCUT2D eigenvalue weighted by Crippen LogP contribution is -2.46. The van der Waals surface area contributed by atoms with Gasteiger partial charge in [-0.15, -0.1) is 0 Å². The Balaban J connectivity index is 0. The fraction of sp³-hybridized carbons (Fsp3) is 0.680. The molecule has 1 heterocycles. The van der Waals surface area contributed by atoms with E-state index in [1.54, 1.807) is 7.11 Å². The van der Waals surface area contributed by atoms with Gasteiger partial charge in [-0.2, -0.15) is 10.5 Å². The largest absolute Gasteiger partial charge is 0.383 e. The van der Waals surface area contributed by atoms with Crippen molar-refractivity contribution < 1.29 is 9.47 Å². The second-order valence-electron chi connectivity index (χ2n) is 7.94. The van der Waals surface area contributed by atoms with Crippen molar-refractivity contribution in [1.82, 2.24) is 20.4 Å². The van der Waals surface area contributed by atoms with E-state index >= 15 is 0 Å². The molecule has 196 valence electrons. The van der Waals surface area contributed by atoms with E-state index in [0.717, 1.165) is 13.1 Å². The third-order valence-electron chi connectivity index (χ3n) is 4.20. The van der Waals surface area contributed by atoms with Crippen LogP contribution in [0.15, 0.2) is 22.1 Å². The molecule has 1 rings (SSSR count). The van der Waals surface area contributed by atoms with Crippen LogP contribution in [0.3, 0.4) is 0 Å². The van der Waals surface area contributed by atoms with Crippen molar-refractivity contribution in [3.8, 4) is 24.2 Å². The molecule has 0 aromatic rings. The van der Waals surface area contributed by atoms with Crippen LogP contribution in [0, 0.1) is 46.6 Å². The molecule has 0 aromatic heterocycles. The lowest BCUT2D eigenvalue weighted by molar-refractivity contribution is 0.0669. The van der Waals surface area contributed by atoms with Crippen LogP contribution >= 0.6 is 0 Å². The highest BCUT2D eigenvalue weighted by Crippen LogP contribution is 1.97. The zero-order valence-corrected chi connectivity index (χ0v) is 21.5. The van der Waals surface area contributed by atoms with Crippen LogP contribution in [-0.2, 0) is 9.47 Å². The van der Waals surface area contributed by atoms with Crippen molar-refractivity contribution in [3.05, 3.63) is 12.2 Å². The minimum absolute atomic E-state index is 0. The summed E-state index contributed by atoms with van der Waals surface area (Å²) in [5.41, 5.74) is 0. The smallest absolute Gasteiger partial charge is 0.208 e. The first kappa shape index (κ1) is 33.9. The van der Waals surface area contributed by atoms with Crippen LogP contribution in [-0.4, -0.2) is 88.4 Å². The summed E-state index contributed by atoms with van der Waals surface area (Å²) in [5, 5.41) is 22.5. The van der Waals surface area contributed by atoms with E-state index in [9.17, 15) is 0 Å². The van der Waals surface area contributed by atoms with Gasteiger partial charge in [0.05, 0.1) is 26.4 Å². The Morgan fingerprint density at radius 1 is 1.14 bits per heavy atom. The fourth-order valence-electron chi connectivity index (χ4n) is 2.52. The number of guanidine groups is 2. The van der Waals surface area contributed by atoms with Crippen molar-refractivity contribution in [2.24, 2.45) is 21.8 Å². The van der Waals surface area contributed by atoms with Crippen LogP contribution in [0.4, 0.5) is 0 Å². The van der Waals surface area contributed by atoms with E-state index in [0.29, 0.717) is 63.2 Å². The number of likely N-dealkylation sites (N-methyl/N-ethyl adjacent to an activating group) is 1. The standard InChI is InChI=1S/C12H18N4O.C12H22N4O.CH4/c1-11(2)4-3-5-14-12(15-10-13)16-6-8-17-9-7-16;1-11(2)6-5-7-14-12(15-10-13)16(3)8-9-17-4;/h11H,5-9H2,1-2H3,(H,14,15);5-6,11H,7-9H2,1-4H3,(H,14,15);1H4/b;6-5+;. The first-order valence-corrected chi connectivity index (χ1v) is 11.4. The van der Waals surface area contributed by atoms with E-state index in [2.05, 4.69) is 52.4 Å². The molecule has 0 aromatic carbocycles. The Labute approximate surface area is 212 Å². The second-order valence-corrected chi connectivity index (χ2v) is 7.94. The Bertz CT molecular complexity index is 776. The monoisotopic (exact) mass is 488 g/mol. The number of nitriles is 2. The van der Waals surface area contributed by atoms with E-state index < -0.39 is 0 Å². The summed E-state index contributed by atoms with van der Waals surface area (Å²) in [7, 11) is 3.52. The minimum Gasteiger partial charge on any atom is -0.383 e. The van der Waals surface area contributed by atoms with Crippen LogP contribution in [0.1, 0.15) is 35.1 Å². The molecule has 0 bridgehead atoms. The molecule has 10 nitrogen and oxygen atoms in total. The highest BCUT2D eigenvalue weighted by atomic mass is 16.5. The normalized spacial score (nSPS) is 13.6. The van der Waals surface area contributed by atoms with Crippen molar-refractivity contribution in [2.45, 2.75) is 35.1 Å². The summed E-state index contributed by atoms with van der Waals surface area (Å²) in [6.07, 6.45) is 7.87. The van der Waals surface area contributed by atoms with Crippen molar-refractivity contribution in [1.29, 1.82) is 10.5 Å². The summed E-state index contributed by atoms with van der Waals surface area (Å²) in [6.45, 7) is 13.4. The maximum absolute atomic E-state index is 8.68. The molecule has 10 heteroatoms. The highest BCUT2D eigenvalue weighted by Gasteiger charge is 2.14. The maximum Gasteiger partial charge on any atom is 0.208 e. The number of aliphatic imine (C=N–C) groups is 2. The van der Waals surface area contributed by atoms with Crippen molar-refractivity contribution in [2.75, 3.05) is 66.7 Å². The summed E-state index contributed by atoms with van der Waals surface area (Å²) in [5.74, 6) is 8.03. The summed E-state index contributed by atoms with van der Waals surface area (Å²) in [6, 6.07) is 0. The lowest BCUT2D eigenvalue weighted by atomic mass is 10.2. The molecule has 0 unspecified atom stereocenters. The summed E-state index contributed by atoms with van der Waals surface area (Å²) in [4.78, 5) is 12.5. The summed E-state index contributed by atoms with van der Waals surface area (Å²) < 4.78 is 10.2. The Kier molecular flexibility index (Phi) is 21.8. The Morgan fingerprint density at radius 2 is 1.80 bits per heavy atom. The van der Waals surface area contributed by atoms with Gasteiger partial charge in [-0.1, -0.05) is 59.1 Å². The predicted octanol–water partition coefficient (Wildman–Crippen LogP) is 2.24. The number of hydrogen-bond donors (Lipinski definition) is 2. The van der Waals surface area contributed by atoms with Crippen molar-refractivity contribution in [3.63, 3.8) is 0 Å². The van der Waals surface area contributed by atoms with E-state index in [4.69, 9.17) is 20.0 Å². The molecule has 0 saturated carbocycles. The topological polar surface area (TPSA) is 121 Å². The van der Waals surface area contributed by atoms with Gasteiger partial charge in [0.25, 0.3) is 0 Å². The zero-order chi connectivity index (χ0) is 25.6. The van der Waals surface area contributed by atoms with Gasteiger partial charge in [0.2, 0.25) is 11.9 Å². The van der Waals surface area contributed by atoms with Crippen molar-refractivity contribution >= 4 is 11.9 Å². The van der Waals surface area contributed by atoms with Crippen LogP contribution in [0.2, 0.25) is 0 Å². The van der Waals surface area contributed by atoms with Gasteiger partial charge in [0.15, 0.2) is 12.4 Å². The van der Waals surface area contributed by atoms with Gasteiger partial charge in [0, 0.05) is 39.7 Å². The SMILES string of the molecule is C.CC(C)C#CCN=C(NC#N)N1CCOCC1.COCCN(C)C(=NC/C=C/C(C)C)NC#N. The molecule has 35 heavy (non-hydrogen) atoms. The molecule has 1 aliphatic rings. The third kappa shape index (κ3) is 18.8. The Morgan fingerprint density at radius 3 is 2.34 bits per heavy atom. The average Bonchev–Trinajstić information content (AvgIpc) is 2.82. The van der Waals surface area contributed by atoms with Gasteiger partial charge in [-0.3, -0.25) is 10.6 Å².